The number of nitrogens with two attached hydrogens (primary N) is 1. The smallest absolute Gasteiger partial charge is 0.293 e. The standard InChI is InChI=1S/C14H17N3O.C5H10O2/c15-13-5-1-4-12-11(13)6-8-17(14(12)18)9-10-3-2-7-16-10;1-5(2,3)7-4-6/h1,4-6,8,10,16H,2-3,7,9,15H2;4H,1-3H3/t10-;/m0./s1. The van der Waals surface area contributed by atoms with E-state index in [1.165, 1.54) is 6.42 Å². The highest BCUT2D eigenvalue weighted by Gasteiger charge is 2.15. The minimum atomic E-state index is -0.318. The lowest BCUT2D eigenvalue weighted by Crippen LogP contribution is -2.32. The van der Waals surface area contributed by atoms with E-state index in [4.69, 9.17) is 5.73 Å². The van der Waals surface area contributed by atoms with Gasteiger partial charge < -0.3 is 20.4 Å². The molecule has 25 heavy (non-hydrogen) atoms. The molecule has 1 saturated heterocycles. The molecule has 1 aliphatic heterocycles. The van der Waals surface area contributed by atoms with Crippen LogP contribution >= 0.6 is 0 Å². The first kappa shape index (κ1) is 19.0. The molecule has 0 unspecified atom stereocenters. The van der Waals surface area contributed by atoms with Crippen molar-refractivity contribution in [2.24, 2.45) is 0 Å². The third-order valence-corrected chi connectivity index (χ3v) is 4.03. The van der Waals surface area contributed by atoms with Crippen LogP contribution in [0.5, 0.6) is 0 Å². The lowest BCUT2D eigenvalue weighted by molar-refractivity contribution is -0.138. The minimum Gasteiger partial charge on any atom is -0.462 e. The van der Waals surface area contributed by atoms with Gasteiger partial charge in [-0.05, 0) is 58.4 Å². The van der Waals surface area contributed by atoms with Crippen LogP contribution in [0.4, 0.5) is 5.69 Å². The predicted molar refractivity (Wildman–Crippen MR) is 101 cm³/mol. The molecule has 0 radical (unpaired) electrons. The molecule has 1 atom stereocenters. The first-order chi connectivity index (χ1) is 11.8. The van der Waals surface area contributed by atoms with Crippen LogP contribution in [0.2, 0.25) is 0 Å². The van der Waals surface area contributed by atoms with Gasteiger partial charge in [0.05, 0.1) is 0 Å². The molecule has 6 nitrogen and oxygen atoms in total. The average molecular weight is 345 g/mol. The highest BCUT2D eigenvalue weighted by atomic mass is 16.5. The van der Waals surface area contributed by atoms with Gasteiger partial charge in [0.2, 0.25) is 0 Å². The largest absolute Gasteiger partial charge is 0.462 e. The van der Waals surface area contributed by atoms with Gasteiger partial charge in [0.15, 0.2) is 0 Å². The summed E-state index contributed by atoms with van der Waals surface area (Å²) >= 11 is 0. The number of anilines is 1. The van der Waals surface area contributed by atoms with Crippen molar-refractivity contribution in [3.8, 4) is 0 Å². The molecule has 0 bridgehead atoms. The monoisotopic (exact) mass is 345 g/mol. The first-order valence-electron chi connectivity index (χ1n) is 8.54. The molecule has 1 aromatic carbocycles. The molecule has 6 heteroatoms. The van der Waals surface area contributed by atoms with E-state index in [-0.39, 0.29) is 11.2 Å². The Morgan fingerprint density at radius 3 is 2.64 bits per heavy atom. The number of nitrogens with one attached hydrogen (secondary N) is 1. The van der Waals surface area contributed by atoms with Crippen LogP contribution < -0.4 is 16.6 Å². The number of hydrogen-bond donors (Lipinski definition) is 2. The van der Waals surface area contributed by atoms with Crippen molar-refractivity contribution in [3.63, 3.8) is 0 Å². The Labute approximate surface area is 148 Å². The molecule has 2 heterocycles. The number of carbonyl (C=O) groups excluding carboxylic acids is 1. The van der Waals surface area contributed by atoms with Crippen LogP contribution in [0.15, 0.2) is 35.3 Å². The van der Waals surface area contributed by atoms with Gasteiger partial charge in [-0.3, -0.25) is 9.59 Å². The molecule has 0 amide bonds. The average Bonchev–Trinajstić information content (AvgIpc) is 3.03. The molecule has 1 aliphatic rings. The number of pyridine rings is 1. The molecule has 2 aromatic rings. The van der Waals surface area contributed by atoms with Crippen LogP contribution in [-0.4, -0.2) is 29.2 Å². The van der Waals surface area contributed by atoms with Crippen molar-refractivity contribution in [1.29, 1.82) is 0 Å². The van der Waals surface area contributed by atoms with Crippen LogP contribution in [0.3, 0.4) is 0 Å². The maximum atomic E-state index is 12.3. The third kappa shape index (κ3) is 5.32. The summed E-state index contributed by atoms with van der Waals surface area (Å²) in [6.07, 6.45) is 4.18. The van der Waals surface area contributed by atoms with Crippen molar-refractivity contribution >= 4 is 22.9 Å². The van der Waals surface area contributed by atoms with Crippen LogP contribution in [0, 0.1) is 0 Å². The Bertz CT molecular complexity index is 772. The molecular weight excluding hydrogens is 318 g/mol. The number of ether oxygens (including phenoxy) is 1. The van der Waals surface area contributed by atoms with Gasteiger partial charge in [-0.15, -0.1) is 0 Å². The maximum absolute atomic E-state index is 12.3. The van der Waals surface area contributed by atoms with Crippen LogP contribution in [0.1, 0.15) is 33.6 Å². The normalized spacial score (nSPS) is 17.0. The van der Waals surface area contributed by atoms with Crippen molar-refractivity contribution in [1.82, 2.24) is 9.88 Å². The van der Waals surface area contributed by atoms with Gasteiger partial charge in [-0.1, -0.05) is 6.07 Å². The molecule has 1 aromatic heterocycles. The Morgan fingerprint density at radius 2 is 2.08 bits per heavy atom. The van der Waals surface area contributed by atoms with Gasteiger partial charge in [-0.25, -0.2) is 0 Å². The second kappa shape index (κ2) is 8.16. The number of hydrogen-bond acceptors (Lipinski definition) is 5. The summed E-state index contributed by atoms with van der Waals surface area (Å²) < 4.78 is 6.33. The minimum absolute atomic E-state index is 0.0495. The van der Waals surface area contributed by atoms with Gasteiger partial charge in [-0.2, -0.15) is 0 Å². The van der Waals surface area contributed by atoms with Gasteiger partial charge >= 0.3 is 0 Å². The highest BCUT2D eigenvalue weighted by Crippen LogP contribution is 2.17. The van der Waals surface area contributed by atoms with Crippen molar-refractivity contribution in [3.05, 3.63) is 40.8 Å². The molecule has 0 spiro atoms. The molecule has 3 rings (SSSR count). The third-order valence-electron chi connectivity index (χ3n) is 4.03. The molecule has 136 valence electrons. The molecule has 3 N–H and O–H groups in total. The topological polar surface area (TPSA) is 86.3 Å². The van der Waals surface area contributed by atoms with Crippen LogP contribution in [-0.2, 0) is 16.1 Å². The van der Waals surface area contributed by atoms with E-state index in [0.717, 1.165) is 24.9 Å². The van der Waals surface area contributed by atoms with Crippen LogP contribution in [0.25, 0.3) is 10.8 Å². The molecule has 0 saturated carbocycles. The Hall–Kier alpha value is -2.34. The molecule has 0 aliphatic carbocycles. The van der Waals surface area contributed by atoms with E-state index in [1.807, 2.05) is 51.2 Å². The second-order valence-electron chi connectivity index (χ2n) is 7.20. The van der Waals surface area contributed by atoms with Gasteiger partial charge in [0.25, 0.3) is 12.0 Å². The zero-order valence-electron chi connectivity index (χ0n) is 15.1. The number of carbonyl (C=O) groups is 1. The zero-order chi connectivity index (χ0) is 18.4. The molecule has 1 fully saturated rings. The fourth-order valence-electron chi connectivity index (χ4n) is 2.78. The first-order valence-corrected chi connectivity index (χ1v) is 8.54. The van der Waals surface area contributed by atoms with E-state index in [2.05, 4.69) is 10.1 Å². The number of nitrogens with zero attached hydrogens (tertiary/aromatic N) is 1. The number of fused-ring (bicyclic) bond motifs is 1. The summed E-state index contributed by atoms with van der Waals surface area (Å²) in [5, 5.41) is 4.96. The number of rotatable bonds is 3. The fourth-order valence-corrected chi connectivity index (χ4v) is 2.78. The Balaban J connectivity index is 0.000000277. The maximum Gasteiger partial charge on any atom is 0.293 e. The van der Waals surface area contributed by atoms with Crippen molar-refractivity contribution in [2.75, 3.05) is 12.3 Å². The SMILES string of the molecule is CC(C)(C)OC=O.Nc1cccc2c(=O)n(C[C@@H]3CCCN3)ccc12. The summed E-state index contributed by atoms with van der Waals surface area (Å²) in [6, 6.07) is 7.84. The predicted octanol–water partition coefficient (Wildman–Crippen LogP) is 2.29. The number of nitrogen functional groups attached to an aromatic ring is 1. The Morgan fingerprint density at radius 1 is 1.32 bits per heavy atom. The summed E-state index contributed by atoms with van der Waals surface area (Å²) in [7, 11) is 0. The van der Waals surface area contributed by atoms with Gasteiger partial charge in [0, 0.05) is 35.2 Å². The van der Waals surface area contributed by atoms with Crippen molar-refractivity contribution < 1.29 is 9.53 Å². The summed E-state index contributed by atoms with van der Waals surface area (Å²) in [4.78, 5) is 21.9. The number of aromatic nitrogens is 1. The summed E-state index contributed by atoms with van der Waals surface area (Å²) in [5.74, 6) is 0. The lowest BCUT2D eigenvalue weighted by Gasteiger charge is -2.14. The summed E-state index contributed by atoms with van der Waals surface area (Å²) in [6.45, 7) is 7.72. The van der Waals surface area contributed by atoms with E-state index in [0.29, 0.717) is 23.6 Å². The Kier molecular flexibility index (Phi) is 6.20. The number of benzene rings is 1. The van der Waals surface area contributed by atoms with E-state index >= 15 is 0 Å². The van der Waals surface area contributed by atoms with E-state index in [9.17, 15) is 9.59 Å². The molecular formula is C19H27N3O3. The highest BCUT2D eigenvalue weighted by molar-refractivity contribution is 5.91. The van der Waals surface area contributed by atoms with Gasteiger partial charge in [0.1, 0.15) is 5.60 Å². The van der Waals surface area contributed by atoms with E-state index in [1.54, 1.807) is 4.57 Å². The fraction of sp³-hybridized carbons (Fsp3) is 0.474. The lowest BCUT2D eigenvalue weighted by atomic mass is 10.1. The summed E-state index contributed by atoms with van der Waals surface area (Å²) in [5.41, 5.74) is 6.27. The van der Waals surface area contributed by atoms with E-state index < -0.39 is 0 Å². The zero-order valence-corrected chi connectivity index (χ0v) is 15.1. The van der Waals surface area contributed by atoms with Crippen molar-refractivity contribution in [2.45, 2.75) is 51.8 Å². The second-order valence-corrected chi connectivity index (χ2v) is 7.20. The quantitative estimate of drug-likeness (QED) is 0.658.